The molecule has 0 spiro atoms. The lowest BCUT2D eigenvalue weighted by molar-refractivity contribution is 0.0953. The van der Waals surface area contributed by atoms with Gasteiger partial charge in [-0.25, -0.2) is 0 Å². The predicted molar refractivity (Wildman–Crippen MR) is 86.2 cm³/mol. The molecule has 2 aromatic carbocycles. The van der Waals surface area contributed by atoms with Crippen molar-refractivity contribution in [2.45, 2.75) is 12.8 Å². The van der Waals surface area contributed by atoms with E-state index in [1.807, 2.05) is 18.2 Å². The molecule has 0 heterocycles. The van der Waals surface area contributed by atoms with Gasteiger partial charge in [0.25, 0.3) is 5.91 Å². The van der Waals surface area contributed by atoms with Crippen molar-refractivity contribution in [1.82, 2.24) is 5.32 Å². The highest BCUT2D eigenvalue weighted by Gasteiger charge is 2.07. The van der Waals surface area contributed by atoms with E-state index in [1.165, 1.54) is 5.56 Å². The molecule has 1 amide bonds. The number of carbonyl (C=O) groups excluding carboxylic acids is 1. The number of aryl methyl sites for hydroxylation is 1. The summed E-state index contributed by atoms with van der Waals surface area (Å²) in [7, 11) is 0. The van der Waals surface area contributed by atoms with E-state index >= 15 is 0 Å². The molecule has 0 aliphatic rings. The number of halogens is 2. The summed E-state index contributed by atoms with van der Waals surface area (Å²) in [5.41, 5.74) is 1.87. The molecule has 0 bridgehead atoms. The molecule has 0 atom stereocenters. The Morgan fingerprint density at radius 1 is 1.15 bits per heavy atom. The van der Waals surface area contributed by atoms with Crippen molar-refractivity contribution in [3.63, 3.8) is 0 Å². The quantitative estimate of drug-likeness (QED) is 0.791. The molecule has 0 unspecified atom stereocenters. The van der Waals surface area contributed by atoms with E-state index in [1.54, 1.807) is 18.2 Å². The zero-order chi connectivity index (χ0) is 14.4. The van der Waals surface area contributed by atoms with Crippen LogP contribution in [0.25, 0.3) is 0 Å². The second kappa shape index (κ2) is 7.46. The van der Waals surface area contributed by atoms with Crippen LogP contribution in [-0.4, -0.2) is 12.5 Å². The van der Waals surface area contributed by atoms with E-state index in [0.717, 1.165) is 17.3 Å². The molecule has 20 heavy (non-hydrogen) atoms. The molecule has 104 valence electrons. The molecule has 1 N–H and O–H groups in total. The third-order valence-corrected chi connectivity index (χ3v) is 4.18. The van der Waals surface area contributed by atoms with E-state index in [9.17, 15) is 4.79 Å². The summed E-state index contributed by atoms with van der Waals surface area (Å²) in [5, 5.41) is 3.45. The van der Waals surface area contributed by atoms with Gasteiger partial charge in [0.2, 0.25) is 0 Å². The van der Waals surface area contributed by atoms with Gasteiger partial charge < -0.3 is 5.32 Å². The standard InChI is InChI=1S/C16H15BrClNO/c17-14-9-8-13(11-15(14)18)16(20)19-10-4-7-12-5-2-1-3-6-12/h1-3,5-6,8-9,11H,4,7,10H2,(H,19,20). The van der Waals surface area contributed by atoms with Gasteiger partial charge in [0.15, 0.2) is 0 Å². The molecule has 2 nitrogen and oxygen atoms in total. The van der Waals surface area contributed by atoms with Crippen molar-refractivity contribution >= 4 is 33.4 Å². The lowest BCUT2D eigenvalue weighted by atomic mass is 10.1. The van der Waals surface area contributed by atoms with Crippen LogP contribution in [0.2, 0.25) is 5.02 Å². The van der Waals surface area contributed by atoms with Crippen molar-refractivity contribution in [1.29, 1.82) is 0 Å². The first kappa shape index (κ1) is 15.1. The summed E-state index contributed by atoms with van der Waals surface area (Å²) < 4.78 is 0.791. The second-order valence-electron chi connectivity index (χ2n) is 4.47. The molecule has 2 aromatic rings. The SMILES string of the molecule is O=C(NCCCc1ccccc1)c1ccc(Br)c(Cl)c1. The van der Waals surface area contributed by atoms with Gasteiger partial charge in [-0.3, -0.25) is 4.79 Å². The number of carbonyl (C=O) groups is 1. The maximum absolute atomic E-state index is 11.9. The highest BCUT2D eigenvalue weighted by Crippen LogP contribution is 2.23. The minimum atomic E-state index is -0.0903. The average Bonchev–Trinajstić information content (AvgIpc) is 2.47. The summed E-state index contributed by atoms with van der Waals surface area (Å²) >= 11 is 9.28. The molecular weight excluding hydrogens is 338 g/mol. The van der Waals surface area contributed by atoms with Crippen LogP contribution in [-0.2, 0) is 6.42 Å². The van der Waals surface area contributed by atoms with Crippen LogP contribution >= 0.6 is 27.5 Å². The molecule has 0 aromatic heterocycles. The minimum absolute atomic E-state index is 0.0903. The Morgan fingerprint density at radius 2 is 1.90 bits per heavy atom. The van der Waals surface area contributed by atoms with Crippen LogP contribution in [0.15, 0.2) is 53.0 Å². The zero-order valence-electron chi connectivity index (χ0n) is 10.9. The molecule has 0 aliphatic carbocycles. The molecule has 0 fully saturated rings. The summed E-state index contributed by atoms with van der Waals surface area (Å²) in [5.74, 6) is -0.0903. The van der Waals surface area contributed by atoms with Crippen molar-refractivity contribution < 1.29 is 4.79 Å². The van der Waals surface area contributed by atoms with Crippen molar-refractivity contribution in [3.05, 3.63) is 69.2 Å². The summed E-state index contributed by atoms with van der Waals surface area (Å²) in [6, 6.07) is 15.4. The lowest BCUT2D eigenvalue weighted by Gasteiger charge is -2.06. The van der Waals surface area contributed by atoms with Crippen LogP contribution in [0, 0.1) is 0 Å². The number of hydrogen-bond donors (Lipinski definition) is 1. The number of hydrogen-bond acceptors (Lipinski definition) is 1. The van der Waals surface area contributed by atoms with E-state index in [2.05, 4.69) is 33.4 Å². The number of nitrogens with one attached hydrogen (secondary N) is 1. The molecule has 0 aliphatic heterocycles. The third-order valence-electron chi connectivity index (χ3n) is 2.95. The summed E-state index contributed by atoms with van der Waals surface area (Å²) in [6.45, 7) is 0.654. The topological polar surface area (TPSA) is 29.1 Å². The van der Waals surface area contributed by atoms with Crippen LogP contribution in [0.3, 0.4) is 0 Å². The Morgan fingerprint density at radius 3 is 2.60 bits per heavy atom. The van der Waals surface area contributed by atoms with E-state index in [-0.39, 0.29) is 5.91 Å². The maximum Gasteiger partial charge on any atom is 0.251 e. The maximum atomic E-state index is 11.9. The van der Waals surface area contributed by atoms with E-state index < -0.39 is 0 Å². The summed E-state index contributed by atoms with van der Waals surface area (Å²) in [4.78, 5) is 11.9. The number of amides is 1. The number of rotatable bonds is 5. The Hall–Kier alpha value is -1.32. The van der Waals surface area contributed by atoms with Gasteiger partial charge in [-0.2, -0.15) is 0 Å². The Balaban J connectivity index is 1.79. The second-order valence-corrected chi connectivity index (χ2v) is 5.74. The van der Waals surface area contributed by atoms with Crippen LogP contribution in [0.1, 0.15) is 22.3 Å². The first-order valence-electron chi connectivity index (χ1n) is 6.44. The molecular formula is C16H15BrClNO. The Bertz CT molecular complexity index is 586. The Kier molecular flexibility index (Phi) is 5.62. The van der Waals surface area contributed by atoms with Crippen molar-refractivity contribution in [2.75, 3.05) is 6.54 Å². The summed E-state index contributed by atoms with van der Waals surface area (Å²) in [6.07, 6.45) is 1.88. The van der Waals surface area contributed by atoms with Gasteiger partial charge in [0.1, 0.15) is 0 Å². The van der Waals surface area contributed by atoms with Gasteiger partial charge in [0, 0.05) is 16.6 Å². The van der Waals surface area contributed by atoms with Crippen molar-refractivity contribution in [3.8, 4) is 0 Å². The normalized spacial score (nSPS) is 10.3. The van der Waals surface area contributed by atoms with Crippen LogP contribution in [0.5, 0.6) is 0 Å². The first-order chi connectivity index (χ1) is 9.66. The molecule has 0 saturated heterocycles. The minimum Gasteiger partial charge on any atom is -0.352 e. The Labute approximate surface area is 132 Å². The van der Waals surface area contributed by atoms with Crippen LogP contribution in [0.4, 0.5) is 0 Å². The van der Waals surface area contributed by atoms with Gasteiger partial charge in [-0.1, -0.05) is 41.9 Å². The fourth-order valence-electron chi connectivity index (χ4n) is 1.88. The zero-order valence-corrected chi connectivity index (χ0v) is 13.2. The van der Waals surface area contributed by atoms with Gasteiger partial charge in [-0.05, 0) is 52.5 Å². The fourth-order valence-corrected chi connectivity index (χ4v) is 2.31. The third kappa shape index (κ3) is 4.36. The molecule has 4 heteroatoms. The first-order valence-corrected chi connectivity index (χ1v) is 7.61. The highest BCUT2D eigenvalue weighted by molar-refractivity contribution is 9.10. The molecule has 0 saturated carbocycles. The molecule has 0 radical (unpaired) electrons. The van der Waals surface area contributed by atoms with Crippen molar-refractivity contribution in [2.24, 2.45) is 0 Å². The van der Waals surface area contributed by atoms with E-state index in [0.29, 0.717) is 17.1 Å². The number of benzene rings is 2. The largest absolute Gasteiger partial charge is 0.352 e. The predicted octanol–water partition coefficient (Wildman–Crippen LogP) is 4.47. The smallest absolute Gasteiger partial charge is 0.251 e. The van der Waals surface area contributed by atoms with E-state index in [4.69, 9.17) is 11.6 Å². The lowest BCUT2D eigenvalue weighted by Crippen LogP contribution is -2.24. The molecule has 2 rings (SSSR count). The van der Waals surface area contributed by atoms with Gasteiger partial charge in [-0.15, -0.1) is 0 Å². The highest BCUT2D eigenvalue weighted by atomic mass is 79.9. The van der Waals surface area contributed by atoms with Gasteiger partial charge >= 0.3 is 0 Å². The van der Waals surface area contributed by atoms with Gasteiger partial charge in [0.05, 0.1) is 5.02 Å². The fraction of sp³-hybridized carbons (Fsp3) is 0.188. The average molecular weight is 353 g/mol. The van der Waals surface area contributed by atoms with Crippen LogP contribution < -0.4 is 5.32 Å². The monoisotopic (exact) mass is 351 g/mol.